The summed E-state index contributed by atoms with van der Waals surface area (Å²) in [5.41, 5.74) is 1.72. The lowest BCUT2D eigenvalue weighted by molar-refractivity contribution is -0.115. The van der Waals surface area contributed by atoms with E-state index in [4.69, 9.17) is 4.99 Å². The van der Waals surface area contributed by atoms with E-state index in [1.54, 1.807) is 23.5 Å². The molecular formula is C22H26FN3OS. The zero-order valence-electron chi connectivity index (χ0n) is 16.2. The number of anilines is 1. The highest BCUT2D eigenvalue weighted by molar-refractivity contribution is 7.07. The molecule has 28 heavy (non-hydrogen) atoms. The van der Waals surface area contributed by atoms with Crippen molar-refractivity contribution in [2.45, 2.75) is 50.5 Å². The number of hydrogen-bond acceptors (Lipinski definition) is 3. The number of hydrogen-bond donors (Lipinski definition) is 1. The van der Waals surface area contributed by atoms with E-state index in [2.05, 4.69) is 9.88 Å². The van der Waals surface area contributed by atoms with Crippen molar-refractivity contribution < 1.29 is 9.18 Å². The maximum atomic E-state index is 13.0. The molecule has 1 aromatic carbocycles. The van der Waals surface area contributed by atoms with Gasteiger partial charge in [0, 0.05) is 23.8 Å². The van der Waals surface area contributed by atoms with Gasteiger partial charge in [-0.15, -0.1) is 11.3 Å². The zero-order valence-corrected chi connectivity index (χ0v) is 17.0. The Morgan fingerprint density at radius 3 is 2.39 bits per heavy atom. The average molecular weight is 400 g/mol. The van der Waals surface area contributed by atoms with Gasteiger partial charge in [-0.25, -0.2) is 4.39 Å². The highest BCUT2D eigenvalue weighted by Crippen LogP contribution is 2.57. The van der Waals surface area contributed by atoms with Crippen LogP contribution in [0.2, 0.25) is 0 Å². The number of benzene rings is 1. The topological polar surface area (TPSA) is 46.4 Å². The van der Waals surface area contributed by atoms with Crippen molar-refractivity contribution in [3.05, 3.63) is 46.0 Å². The monoisotopic (exact) mass is 399 g/mol. The van der Waals surface area contributed by atoms with Crippen LogP contribution in [-0.4, -0.2) is 16.0 Å². The van der Waals surface area contributed by atoms with E-state index in [0.29, 0.717) is 12.1 Å². The van der Waals surface area contributed by atoms with Crippen LogP contribution >= 0.6 is 11.3 Å². The number of carbonyl (C=O) groups is 1. The molecule has 1 heterocycles. The van der Waals surface area contributed by atoms with Crippen LogP contribution < -0.4 is 10.1 Å². The van der Waals surface area contributed by atoms with Crippen molar-refractivity contribution in [2.75, 3.05) is 5.32 Å². The van der Waals surface area contributed by atoms with Gasteiger partial charge in [-0.2, -0.15) is 0 Å². The average Bonchev–Trinajstić information content (AvgIpc) is 2.95. The standard InChI is InChI=1S/C22H26FN3OS/c1-26-19(9-20(27)24-18-4-2-17(23)3-5-18)13-28-21(26)25-22-10-14-6-15(11-22)8-16(7-14)12-22/h2-5,13-16H,6-12H2,1H3,(H,24,27). The fourth-order valence-corrected chi connectivity index (χ4v) is 6.98. The van der Waals surface area contributed by atoms with Crippen LogP contribution in [0.4, 0.5) is 10.1 Å². The Balaban J connectivity index is 1.33. The molecule has 1 amide bonds. The minimum Gasteiger partial charge on any atom is -0.326 e. The van der Waals surface area contributed by atoms with E-state index in [1.165, 1.54) is 50.7 Å². The highest BCUT2D eigenvalue weighted by atomic mass is 32.1. The summed E-state index contributed by atoms with van der Waals surface area (Å²) in [4.78, 5) is 18.7. The molecule has 1 N–H and O–H groups in total. The summed E-state index contributed by atoms with van der Waals surface area (Å²) in [6, 6.07) is 5.86. The Morgan fingerprint density at radius 2 is 1.79 bits per heavy atom. The molecule has 4 nitrogen and oxygen atoms in total. The summed E-state index contributed by atoms with van der Waals surface area (Å²) in [6.45, 7) is 0. The van der Waals surface area contributed by atoms with Gasteiger partial charge in [-0.3, -0.25) is 9.79 Å². The summed E-state index contributed by atoms with van der Waals surface area (Å²) in [7, 11) is 2.01. The lowest BCUT2D eigenvalue weighted by atomic mass is 9.53. The van der Waals surface area contributed by atoms with Gasteiger partial charge in [-0.05, 0) is 80.5 Å². The summed E-state index contributed by atoms with van der Waals surface area (Å²) in [6.07, 6.45) is 8.28. The molecule has 4 aliphatic rings. The van der Waals surface area contributed by atoms with Crippen molar-refractivity contribution in [1.29, 1.82) is 0 Å². The molecular weight excluding hydrogens is 373 g/mol. The second-order valence-electron chi connectivity index (χ2n) is 9.05. The normalized spacial score (nSPS) is 31.4. The minimum absolute atomic E-state index is 0.0960. The van der Waals surface area contributed by atoms with Gasteiger partial charge in [-0.1, -0.05) is 0 Å². The predicted molar refractivity (Wildman–Crippen MR) is 108 cm³/mol. The van der Waals surface area contributed by atoms with E-state index in [1.807, 2.05) is 12.4 Å². The van der Waals surface area contributed by atoms with Gasteiger partial charge in [0.05, 0.1) is 12.0 Å². The van der Waals surface area contributed by atoms with Crippen LogP contribution in [0.15, 0.2) is 34.6 Å². The van der Waals surface area contributed by atoms with Gasteiger partial charge in [0.15, 0.2) is 4.80 Å². The lowest BCUT2D eigenvalue weighted by Gasteiger charge is -2.54. The fourth-order valence-electron chi connectivity index (χ4n) is 5.97. The number of nitrogens with zero attached hydrogens (tertiary/aromatic N) is 2. The third-order valence-corrected chi connectivity index (χ3v) is 7.79. The highest BCUT2D eigenvalue weighted by Gasteiger charge is 2.51. The molecule has 2 aromatic rings. The fraction of sp³-hybridized carbons (Fsp3) is 0.545. The van der Waals surface area contributed by atoms with E-state index < -0.39 is 0 Å². The van der Waals surface area contributed by atoms with Crippen molar-refractivity contribution in [2.24, 2.45) is 29.8 Å². The molecule has 4 saturated carbocycles. The van der Waals surface area contributed by atoms with Crippen LogP contribution in [0.1, 0.15) is 44.2 Å². The van der Waals surface area contributed by atoms with Crippen LogP contribution in [0.25, 0.3) is 0 Å². The molecule has 6 rings (SSSR count). The second kappa shape index (κ2) is 6.83. The Labute approximate surface area is 168 Å². The first-order chi connectivity index (χ1) is 13.5. The molecule has 4 aliphatic carbocycles. The van der Waals surface area contributed by atoms with E-state index in [-0.39, 0.29) is 17.3 Å². The van der Waals surface area contributed by atoms with Gasteiger partial charge in [0.1, 0.15) is 5.82 Å². The van der Waals surface area contributed by atoms with Crippen LogP contribution in [-0.2, 0) is 18.3 Å². The molecule has 0 saturated heterocycles. The molecule has 0 aliphatic heterocycles. The number of rotatable bonds is 4. The Bertz CT molecular complexity index is 924. The molecule has 4 bridgehead atoms. The summed E-state index contributed by atoms with van der Waals surface area (Å²) in [5, 5.41) is 4.88. The molecule has 6 heteroatoms. The predicted octanol–water partition coefficient (Wildman–Crippen LogP) is 4.28. The molecule has 0 atom stereocenters. The van der Waals surface area contributed by atoms with Crippen molar-refractivity contribution in [1.82, 2.24) is 4.57 Å². The summed E-state index contributed by atoms with van der Waals surface area (Å²) >= 11 is 1.64. The largest absolute Gasteiger partial charge is 0.326 e. The molecule has 1 aromatic heterocycles. The third-order valence-electron chi connectivity index (χ3n) is 6.83. The first-order valence-corrected chi connectivity index (χ1v) is 11.1. The maximum Gasteiger partial charge on any atom is 0.230 e. The number of halogens is 1. The minimum atomic E-state index is -0.307. The lowest BCUT2D eigenvalue weighted by Crippen LogP contribution is -2.50. The van der Waals surface area contributed by atoms with Gasteiger partial charge in [0.2, 0.25) is 5.91 Å². The third kappa shape index (κ3) is 3.43. The Hall–Kier alpha value is -1.95. The first-order valence-electron chi connectivity index (χ1n) is 10.2. The number of thiazole rings is 1. The van der Waals surface area contributed by atoms with E-state index >= 15 is 0 Å². The van der Waals surface area contributed by atoms with Gasteiger partial charge >= 0.3 is 0 Å². The second-order valence-corrected chi connectivity index (χ2v) is 9.89. The zero-order chi connectivity index (χ0) is 19.3. The van der Waals surface area contributed by atoms with Gasteiger partial charge < -0.3 is 9.88 Å². The Morgan fingerprint density at radius 1 is 1.18 bits per heavy atom. The molecule has 0 unspecified atom stereocenters. The van der Waals surface area contributed by atoms with Gasteiger partial charge in [0.25, 0.3) is 0 Å². The number of amides is 1. The number of aromatic nitrogens is 1. The van der Waals surface area contributed by atoms with E-state index in [0.717, 1.165) is 28.2 Å². The van der Waals surface area contributed by atoms with Crippen LogP contribution in [0, 0.1) is 23.6 Å². The van der Waals surface area contributed by atoms with Crippen molar-refractivity contribution in [3.63, 3.8) is 0 Å². The van der Waals surface area contributed by atoms with Crippen LogP contribution in [0.3, 0.4) is 0 Å². The summed E-state index contributed by atoms with van der Waals surface area (Å²) in [5.74, 6) is 2.23. The quantitative estimate of drug-likeness (QED) is 0.820. The van der Waals surface area contributed by atoms with Crippen LogP contribution in [0.5, 0.6) is 0 Å². The number of carbonyl (C=O) groups excluding carboxylic acids is 1. The smallest absolute Gasteiger partial charge is 0.230 e. The molecule has 4 fully saturated rings. The SMILES string of the molecule is Cn1c(CC(=O)Nc2ccc(F)cc2)csc1=NC12CC3CC(CC(C3)C1)C2. The van der Waals surface area contributed by atoms with Crippen molar-refractivity contribution in [3.8, 4) is 0 Å². The molecule has 148 valence electrons. The van der Waals surface area contributed by atoms with Crippen molar-refractivity contribution >= 4 is 22.9 Å². The Kier molecular flexibility index (Phi) is 4.42. The first kappa shape index (κ1) is 18.1. The molecule has 0 radical (unpaired) electrons. The van der Waals surface area contributed by atoms with E-state index in [9.17, 15) is 9.18 Å². The summed E-state index contributed by atoms with van der Waals surface area (Å²) < 4.78 is 15.1. The number of nitrogens with one attached hydrogen (secondary N) is 1. The molecule has 0 spiro atoms. The maximum absolute atomic E-state index is 13.0.